The maximum atomic E-state index is 11.9. The van der Waals surface area contributed by atoms with E-state index in [-0.39, 0.29) is 18.0 Å². The Balaban J connectivity index is 1.40. The number of anilines is 1. The second-order valence-corrected chi connectivity index (χ2v) is 6.36. The third kappa shape index (κ3) is 4.85. The summed E-state index contributed by atoms with van der Waals surface area (Å²) in [5, 5.41) is 2.85. The highest BCUT2D eigenvalue weighted by atomic mass is 16.5. The van der Waals surface area contributed by atoms with Crippen molar-refractivity contribution < 1.29 is 19.1 Å². The maximum absolute atomic E-state index is 11.9. The van der Waals surface area contributed by atoms with Crippen molar-refractivity contribution in [3.05, 3.63) is 59.7 Å². The molecule has 136 valence electrons. The fraction of sp³-hybridized carbons (Fsp3) is 0.333. The van der Waals surface area contributed by atoms with Crippen molar-refractivity contribution in [2.45, 2.75) is 38.7 Å². The molecule has 1 aliphatic heterocycles. The van der Waals surface area contributed by atoms with Crippen LogP contribution >= 0.6 is 0 Å². The van der Waals surface area contributed by atoms with Crippen molar-refractivity contribution >= 4 is 17.6 Å². The van der Waals surface area contributed by atoms with Crippen LogP contribution < -0.4 is 10.1 Å². The second kappa shape index (κ2) is 8.52. The molecule has 0 bridgehead atoms. The number of fused-ring (bicyclic) bond motifs is 1. The predicted octanol–water partition coefficient (Wildman–Crippen LogP) is 4.03. The fourth-order valence-corrected chi connectivity index (χ4v) is 2.90. The first-order chi connectivity index (χ1) is 12.6. The Morgan fingerprint density at radius 2 is 1.96 bits per heavy atom. The molecule has 0 saturated carbocycles. The molecule has 1 aliphatic rings. The minimum absolute atomic E-state index is 0.0504. The van der Waals surface area contributed by atoms with Gasteiger partial charge in [0.15, 0.2) is 0 Å². The van der Waals surface area contributed by atoms with Crippen molar-refractivity contribution in [2.75, 3.05) is 11.9 Å². The van der Waals surface area contributed by atoms with E-state index in [0.717, 1.165) is 29.0 Å². The van der Waals surface area contributed by atoms with Gasteiger partial charge in [-0.25, -0.2) is 0 Å². The van der Waals surface area contributed by atoms with Crippen LogP contribution in [0.3, 0.4) is 0 Å². The van der Waals surface area contributed by atoms with Gasteiger partial charge < -0.3 is 14.8 Å². The molecule has 1 atom stereocenters. The quantitative estimate of drug-likeness (QED) is 0.603. The van der Waals surface area contributed by atoms with Crippen molar-refractivity contribution in [1.82, 2.24) is 0 Å². The highest BCUT2D eigenvalue weighted by molar-refractivity contribution is 5.94. The number of carbonyl (C=O) groups excluding carboxylic acids is 2. The van der Waals surface area contributed by atoms with E-state index in [2.05, 4.69) is 5.32 Å². The summed E-state index contributed by atoms with van der Waals surface area (Å²) in [6.07, 6.45) is 1.89. The Bertz CT molecular complexity index is 773. The lowest BCUT2D eigenvalue weighted by Gasteiger charge is -2.17. The van der Waals surface area contributed by atoms with Crippen molar-refractivity contribution in [3.8, 4) is 5.75 Å². The molecule has 0 aromatic heterocycles. The molecule has 0 fully saturated rings. The van der Waals surface area contributed by atoms with Gasteiger partial charge in [-0.15, -0.1) is 0 Å². The van der Waals surface area contributed by atoms with E-state index in [4.69, 9.17) is 9.47 Å². The number of esters is 1. The molecular weight excluding hydrogens is 330 g/mol. The van der Waals surface area contributed by atoms with E-state index in [0.29, 0.717) is 25.9 Å². The van der Waals surface area contributed by atoms with Crippen LogP contribution in [0.5, 0.6) is 5.75 Å². The average Bonchev–Trinajstić information content (AvgIpc) is 2.66. The van der Waals surface area contributed by atoms with Gasteiger partial charge in [-0.05, 0) is 49.1 Å². The van der Waals surface area contributed by atoms with E-state index < -0.39 is 0 Å². The van der Waals surface area contributed by atoms with Gasteiger partial charge in [0.1, 0.15) is 11.9 Å². The number of carbonyl (C=O) groups is 2. The van der Waals surface area contributed by atoms with E-state index >= 15 is 0 Å². The molecule has 1 unspecified atom stereocenters. The first-order valence-corrected chi connectivity index (χ1v) is 8.92. The van der Waals surface area contributed by atoms with Crippen LogP contribution in [0, 0.1) is 0 Å². The van der Waals surface area contributed by atoms with Crippen molar-refractivity contribution in [1.29, 1.82) is 0 Å². The monoisotopic (exact) mass is 353 g/mol. The van der Waals surface area contributed by atoms with Gasteiger partial charge in [-0.2, -0.15) is 0 Å². The third-order valence-electron chi connectivity index (χ3n) is 4.34. The summed E-state index contributed by atoms with van der Waals surface area (Å²) in [5.74, 6) is 0.582. The smallest absolute Gasteiger partial charge is 0.306 e. The zero-order chi connectivity index (χ0) is 18.4. The average molecular weight is 353 g/mol. The molecule has 1 heterocycles. The minimum Gasteiger partial charge on any atom is -0.494 e. The van der Waals surface area contributed by atoms with Gasteiger partial charge in [-0.3, -0.25) is 9.59 Å². The maximum Gasteiger partial charge on any atom is 0.306 e. The van der Waals surface area contributed by atoms with Gasteiger partial charge in [0, 0.05) is 18.5 Å². The van der Waals surface area contributed by atoms with Crippen LogP contribution in [0.2, 0.25) is 0 Å². The molecule has 26 heavy (non-hydrogen) atoms. The largest absolute Gasteiger partial charge is 0.494 e. The van der Waals surface area contributed by atoms with E-state index in [1.165, 1.54) is 0 Å². The first kappa shape index (κ1) is 18.0. The standard InChI is InChI=1S/C21H23NO4/c1-15(16-6-3-2-4-7-16)26-21(24)8-5-13-25-18-10-11-19-17(14-18)9-12-20(23)22-19/h2-4,6-7,10-11,14-15H,5,8-9,12-13H2,1H3,(H,22,23). The number of rotatable bonds is 7. The SMILES string of the molecule is CC(OC(=O)CCCOc1ccc2c(c1)CCC(=O)N2)c1ccccc1. The number of nitrogens with one attached hydrogen (secondary N) is 1. The van der Waals surface area contributed by atoms with Gasteiger partial charge >= 0.3 is 5.97 Å². The molecule has 5 heteroatoms. The predicted molar refractivity (Wildman–Crippen MR) is 99.1 cm³/mol. The molecule has 1 N–H and O–H groups in total. The number of hydrogen-bond acceptors (Lipinski definition) is 4. The summed E-state index contributed by atoms with van der Waals surface area (Å²) in [6, 6.07) is 15.3. The Kier molecular flexibility index (Phi) is 5.89. The normalized spacial score (nSPS) is 14.1. The van der Waals surface area contributed by atoms with Crippen LogP contribution in [0.4, 0.5) is 5.69 Å². The fourth-order valence-electron chi connectivity index (χ4n) is 2.90. The van der Waals surface area contributed by atoms with Gasteiger partial charge in [0.25, 0.3) is 0 Å². The zero-order valence-corrected chi connectivity index (χ0v) is 14.9. The lowest BCUT2D eigenvalue weighted by atomic mass is 10.0. The van der Waals surface area contributed by atoms with Gasteiger partial charge in [0.2, 0.25) is 5.91 Å². The Labute approximate surface area is 153 Å². The lowest BCUT2D eigenvalue weighted by molar-refractivity contribution is -0.148. The highest BCUT2D eigenvalue weighted by Crippen LogP contribution is 2.27. The van der Waals surface area contributed by atoms with Crippen LogP contribution in [0.15, 0.2) is 48.5 Å². The number of ether oxygens (including phenoxy) is 2. The van der Waals surface area contributed by atoms with Crippen LogP contribution in [-0.4, -0.2) is 18.5 Å². The molecule has 0 aliphatic carbocycles. The van der Waals surface area contributed by atoms with Crippen LogP contribution in [0.1, 0.15) is 43.4 Å². The Morgan fingerprint density at radius 3 is 2.77 bits per heavy atom. The summed E-state index contributed by atoms with van der Waals surface area (Å²) in [7, 11) is 0. The number of hydrogen-bond donors (Lipinski definition) is 1. The second-order valence-electron chi connectivity index (χ2n) is 6.36. The molecule has 0 saturated heterocycles. The summed E-state index contributed by atoms with van der Waals surface area (Å²) in [6.45, 7) is 2.32. The van der Waals surface area contributed by atoms with Crippen LogP contribution in [0.25, 0.3) is 0 Å². The summed E-state index contributed by atoms with van der Waals surface area (Å²) < 4.78 is 11.2. The molecule has 2 aromatic carbocycles. The molecular formula is C21H23NO4. The van der Waals surface area contributed by atoms with Crippen LogP contribution in [-0.2, 0) is 20.7 Å². The summed E-state index contributed by atoms with van der Waals surface area (Å²) in [5.41, 5.74) is 2.92. The van der Waals surface area contributed by atoms with E-state index in [9.17, 15) is 9.59 Å². The molecule has 5 nitrogen and oxygen atoms in total. The number of amides is 1. The number of benzene rings is 2. The van der Waals surface area contributed by atoms with Crippen molar-refractivity contribution in [2.24, 2.45) is 0 Å². The highest BCUT2D eigenvalue weighted by Gasteiger charge is 2.15. The Hall–Kier alpha value is -2.82. The number of aryl methyl sites for hydroxylation is 1. The zero-order valence-electron chi connectivity index (χ0n) is 14.9. The molecule has 1 amide bonds. The minimum atomic E-state index is -0.250. The lowest BCUT2D eigenvalue weighted by Crippen LogP contribution is -2.18. The van der Waals surface area contributed by atoms with Gasteiger partial charge in [0.05, 0.1) is 6.61 Å². The van der Waals surface area contributed by atoms with E-state index in [1.807, 2.05) is 55.5 Å². The molecule has 0 spiro atoms. The summed E-state index contributed by atoms with van der Waals surface area (Å²) >= 11 is 0. The summed E-state index contributed by atoms with van der Waals surface area (Å²) in [4.78, 5) is 23.3. The van der Waals surface area contributed by atoms with Crippen molar-refractivity contribution in [3.63, 3.8) is 0 Å². The first-order valence-electron chi connectivity index (χ1n) is 8.92. The molecule has 2 aromatic rings. The third-order valence-corrected chi connectivity index (χ3v) is 4.34. The topological polar surface area (TPSA) is 64.6 Å². The van der Waals surface area contributed by atoms with E-state index in [1.54, 1.807) is 0 Å². The molecule has 3 rings (SSSR count). The van der Waals surface area contributed by atoms with Gasteiger partial charge in [-0.1, -0.05) is 30.3 Å². The Morgan fingerprint density at radius 1 is 1.15 bits per heavy atom. The molecule has 0 radical (unpaired) electrons.